The Kier molecular flexibility index (Phi) is 328. The van der Waals surface area contributed by atoms with E-state index in [1.54, 1.807) is 0 Å². The number of hydrogen-bond acceptors (Lipinski definition) is 0. The molecule has 0 aliphatic rings. The molecule has 3 radical (unpaired) electrons. The molecule has 0 fully saturated rings. The van der Waals surface area contributed by atoms with Gasteiger partial charge in [-0.25, -0.2) is 0 Å². The summed E-state index contributed by atoms with van der Waals surface area (Å²) >= 11 is 0. The van der Waals surface area contributed by atoms with Crippen molar-refractivity contribution in [2.75, 3.05) is 0 Å². The van der Waals surface area contributed by atoms with E-state index >= 15 is 0 Å². The molecule has 0 spiro atoms. The summed E-state index contributed by atoms with van der Waals surface area (Å²) in [4.78, 5) is 0. The minimum atomic E-state index is 0. The quantitative estimate of drug-likeness (QED) is 0.197. The maximum atomic E-state index is 5.75. The molecule has 3 aromatic rings. The van der Waals surface area contributed by atoms with Crippen LogP contribution in [0.4, 0.5) is 0 Å². The number of hydrogen-bond donors (Lipinski definition) is 0. The topological polar surface area (TPSA) is 0 Å². The van der Waals surface area contributed by atoms with Gasteiger partial charge in [-0.15, -0.1) is 0 Å². The maximum absolute atomic E-state index is 5.75. The summed E-state index contributed by atoms with van der Waals surface area (Å²) in [5, 5.41) is 0. The van der Waals surface area contributed by atoms with Crippen molar-refractivity contribution in [2.45, 2.75) is 55.4 Å². The van der Waals surface area contributed by atoms with Crippen molar-refractivity contribution >= 4 is 0 Å². The number of rotatable bonds is 0. The molecule has 3 rings (SSSR count). The minimum Gasteiger partial charge on any atom is -0.358 e. The Bertz CT molecular complexity index is 365. The molecule has 0 N–H and O–H groups in total. The Morgan fingerprint density at radius 2 is 0.462 bits per heavy atom. The first-order valence-electron chi connectivity index (χ1n) is 11.4. The van der Waals surface area contributed by atoms with Crippen LogP contribution in [-0.2, 0) is 119 Å². The fraction of sp³-hybridized carbons (Fsp3) is 0.267. The van der Waals surface area contributed by atoms with Crippen molar-refractivity contribution < 1.29 is 217 Å². The van der Waals surface area contributed by atoms with Gasteiger partial charge < -0.3 is 29.7 Å². The van der Waals surface area contributed by atoms with E-state index in [-0.39, 0.29) is 242 Å². The molecule has 0 aliphatic heterocycles. The molecule has 223 valence electrons. The van der Waals surface area contributed by atoms with E-state index in [0.717, 1.165) is 0 Å². The van der Waals surface area contributed by atoms with Crippen LogP contribution < -0.4 is 0 Å². The summed E-state index contributed by atoms with van der Waals surface area (Å²) < 4.78 is 15.8. The molecule has 0 aliphatic carbocycles. The zero-order valence-electron chi connectivity index (χ0n) is 29.2. The van der Waals surface area contributed by atoms with E-state index in [1.165, 1.54) is 13.8 Å². The van der Waals surface area contributed by atoms with Crippen LogP contribution in [0.15, 0.2) is 109 Å². The Balaban J connectivity index is -0.00000000977. The first kappa shape index (κ1) is 96.7. The predicted octanol–water partition coefficient (Wildman–Crippen LogP) is 11.2. The van der Waals surface area contributed by atoms with Crippen LogP contribution in [-0.4, -0.2) is 0 Å². The summed E-state index contributed by atoms with van der Waals surface area (Å²) in [6.45, 7) is 12.2. The molecule has 9 heteroatoms. The van der Waals surface area contributed by atoms with Crippen LogP contribution in [0.25, 0.3) is 0 Å². The molecule has 0 bridgehead atoms. The van der Waals surface area contributed by atoms with Crippen LogP contribution >= 0.6 is 0 Å². The molecule has 0 unspecified atom stereocenters. The van der Waals surface area contributed by atoms with Crippen LogP contribution in [0, 0.1) is 123 Å². The smallest absolute Gasteiger partial charge is 0.358 e. The van der Waals surface area contributed by atoms with Gasteiger partial charge in [0.25, 0.3) is 0 Å². The molecule has 0 heterocycles. The first-order chi connectivity index (χ1) is 14.4. The predicted molar refractivity (Wildman–Crippen MR) is 152 cm³/mol. The van der Waals surface area contributed by atoms with Crippen LogP contribution in [0.2, 0.25) is 0 Å². The molecule has 0 saturated heterocycles. The van der Waals surface area contributed by atoms with Gasteiger partial charge in [-0.05, 0) is 0 Å². The second kappa shape index (κ2) is 132. The summed E-state index contributed by atoms with van der Waals surface area (Å²) in [7, 11) is 1.25. The summed E-state index contributed by atoms with van der Waals surface area (Å²) in [6.07, 6.45) is 1.25. The fourth-order valence-corrected chi connectivity index (χ4v) is 1.15. The molecular weight excluding hydrogens is 1780 g/mol. The molecule has 3 aromatic carbocycles. The van der Waals surface area contributed by atoms with Crippen molar-refractivity contribution in [1.82, 2.24) is 0 Å². The van der Waals surface area contributed by atoms with E-state index in [9.17, 15) is 0 Å². The van der Waals surface area contributed by atoms with Crippen LogP contribution in [0.1, 0.15) is 59.7 Å². The van der Waals surface area contributed by atoms with Gasteiger partial charge >= 0.3 is 21.1 Å². The molecule has 0 nitrogen and oxygen atoms in total. The average Bonchev–Trinajstić information content (AvgIpc) is 2.89. The molecular formula is C30H56U3V3W3-2. The third kappa shape index (κ3) is 137. The second-order valence-corrected chi connectivity index (χ2v) is 4.17. The SMILES string of the molecule is CC.CC.CCC.[3H]C.[3H][3H].[CH3-].[CH3-].[CH3-].[CH3-].[U].[U].[U].[V].[V].[V].[W+2].[W].[W].c1ccccc1.c1ccccc1.c1ccccc1. The summed E-state index contributed by atoms with van der Waals surface area (Å²) in [5.74, 6) is 0. The normalized spacial score (nSPS) is 4.85. The van der Waals surface area contributed by atoms with Crippen molar-refractivity contribution in [3.05, 3.63) is 139 Å². The average molecular weight is 1840 g/mol. The maximum Gasteiger partial charge on any atom is 2.00 e. The van der Waals surface area contributed by atoms with E-state index in [0.29, 0.717) is 0 Å². The van der Waals surface area contributed by atoms with E-state index in [1.807, 2.05) is 137 Å². The molecule has 39 heavy (non-hydrogen) atoms. The van der Waals surface area contributed by atoms with E-state index < -0.39 is 0 Å². The van der Waals surface area contributed by atoms with Crippen molar-refractivity contribution in [2.24, 2.45) is 0 Å². The Labute approximate surface area is 403 Å². The van der Waals surface area contributed by atoms with Crippen molar-refractivity contribution in [3.8, 4) is 0 Å². The summed E-state index contributed by atoms with van der Waals surface area (Å²) in [5.41, 5.74) is 0. The van der Waals surface area contributed by atoms with Gasteiger partial charge in [-0.3, -0.25) is 0 Å². The molecule has 0 aromatic heterocycles. The largest absolute Gasteiger partial charge is 2.00 e. The van der Waals surface area contributed by atoms with Gasteiger partial charge in [0.15, 0.2) is 0 Å². The minimum absolute atomic E-state index is 0. The van der Waals surface area contributed by atoms with Gasteiger partial charge in [-0.1, -0.05) is 165 Å². The Morgan fingerprint density at radius 3 is 0.487 bits per heavy atom. The number of benzene rings is 3. The fourth-order valence-electron chi connectivity index (χ4n) is 1.15. The molecule has 0 saturated carbocycles. The summed E-state index contributed by atoms with van der Waals surface area (Å²) in [6, 6.07) is 36.0. The third-order valence-corrected chi connectivity index (χ3v) is 2.00. The van der Waals surface area contributed by atoms with Gasteiger partial charge in [0.2, 0.25) is 0 Å². The third-order valence-electron chi connectivity index (χ3n) is 2.00. The molecule has 0 amide bonds. The first-order valence-corrected chi connectivity index (χ1v) is 9.41. The van der Waals surface area contributed by atoms with Gasteiger partial charge in [-0.2, -0.15) is 0 Å². The zero-order chi connectivity index (χ0) is 23.4. The van der Waals surface area contributed by atoms with E-state index in [4.69, 9.17) is 4.34 Å². The van der Waals surface area contributed by atoms with Crippen molar-refractivity contribution in [3.63, 3.8) is 0 Å². The molecule has 0 atom stereocenters. The Hall–Kier alpha value is 4.63. The Morgan fingerprint density at radius 1 is 0.436 bits per heavy atom. The van der Waals surface area contributed by atoms with Gasteiger partial charge in [0.05, 0.1) is 0 Å². The van der Waals surface area contributed by atoms with Crippen LogP contribution in [0.5, 0.6) is 0 Å². The van der Waals surface area contributed by atoms with Gasteiger partial charge in [0.1, 0.15) is 0 Å². The van der Waals surface area contributed by atoms with Gasteiger partial charge in [0, 0.05) is 195 Å². The monoisotopic (exact) mass is 1840 g/mol. The van der Waals surface area contributed by atoms with E-state index in [2.05, 4.69) is 13.8 Å². The second-order valence-electron chi connectivity index (χ2n) is 4.17. The zero-order valence-corrected chi connectivity index (χ0v) is 51.6. The van der Waals surface area contributed by atoms with Crippen molar-refractivity contribution in [1.29, 1.82) is 0 Å². The standard InChI is InChI=1S/3C6H6.C3H8.2C2H6.CH4.4CH3.3U.3V.3W.H2/c3*1-2-4-6-5-3-1;1-3-2;2*1-2;;;;;;;;;;;;;;;/h3*1-6H;3H2,1-2H3;2*1-2H3;1H4;4*1H3;;;;;;;;;;1H/q;;;;;;;4*-1;;;;;;;;;+2;/i;;;;;;1T;;;;;;;;;;;;;;1+2T. The van der Waals surface area contributed by atoms with Crippen LogP contribution in [0.3, 0.4) is 0 Å².